The maximum absolute atomic E-state index is 11.4. The van der Waals surface area contributed by atoms with Crippen molar-refractivity contribution in [2.45, 2.75) is 12.8 Å². The van der Waals surface area contributed by atoms with Gasteiger partial charge in [-0.3, -0.25) is 4.79 Å². The number of Topliss-reactive ketones (excluding diaryl/α,β-unsaturated/α-hetero) is 1. The van der Waals surface area contributed by atoms with Crippen LogP contribution >= 0.6 is 11.6 Å². The van der Waals surface area contributed by atoms with Crippen LogP contribution in [0.5, 0.6) is 0 Å². The van der Waals surface area contributed by atoms with Crippen molar-refractivity contribution in [2.75, 3.05) is 11.6 Å². The molecule has 0 aromatic carbocycles. The molecule has 0 bridgehead atoms. The number of ketones is 1. The third-order valence-electron chi connectivity index (χ3n) is 1.68. The fraction of sp³-hybridized carbons (Fsp3) is 0.333. The average Bonchev–Trinajstić information content (AvgIpc) is 2.15. The Kier molecular flexibility index (Phi) is 3.71. The largest absolute Gasteiger partial charge is 0.383 e. The van der Waals surface area contributed by atoms with E-state index in [9.17, 15) is 4.79 Å². The molecule has 0 saturated heterocycles. The van der Waals surface area contributed by atoms with Gasteiger partial charge in [0.05, 0.1) is 5.56 Å². The fourth-order valence-corrected chi connectivity index (χ4v) is 1.15. The molecule has 0 unspecified atom stereocenters. The van der Waals surface area contributed by atoms with Crippen LogP contribution in [0.1, 0.15) is 23.2 Å². The quantitative estimate of drug-likeness (QED) is 0.594. The lowest BCUT2D eigenvalue weighted by Gasteiger charge is -2.01. The van der Waals surface area contributed by atoms with Crippen LogP contribution in [-0.4, -0.2) is 16.6 Å². The molecular weight excluding hydrogens is 188 g/mol. The summed E-state index contributed by atoms with van der Waals surface area (Å²) in [6.07, 6.45) is 2.67. The number of nitrogens with zero attached hydrogens (tertiary/aromatic N) is 1. The molecule has 0 spiro atoms. The van der Waals surface area contributed by atoms with E-state index in [0.717, 1.165) is 0 Å². The average molecular weight is 199 g/mol. The van der Waals surface area contributed by atoms with E-state index in [1.807, 2.05) is 0 Å². The van der Waals surface area contributed by atoms with Crippen LogP contribution in [-0.2, 0) is 0 Å². The molecule has 0 fully saturated rings. The van der Waals surface area contributed by atoms with Gasteiger partial charge in [-0.05, 0) is 18.6 Å². The molecule has 1 heterocycles. The van der Waals surface area contributed by atoms with Gasteiger partial charge in [0.25, 0.3) is 0 Å². The zero-order valence-electron chi connectivity index (χ0n) is 7.16. The Balaban J connectivity index is 2.71. The molecule has 13 heavy (non-hydrogen) atoms. The Labute approximate surface area is 81.9 Å². The number of nitrogen functional groups attached to an aromatic ring is 1. The summed E-state index contributed by atoms with van der Waals surface area (Å²) in [5.41, 5.74) is 6.02. The second-order valence-corrected chi connectivity index (χ2v) is 3.03. The Morgan fingerprint density at radius 1 is 1.62 bits per heavy atom. The third kappa shape index (κ3) is 2.70. The second kappa shape index (κ2) is 4.82. The topological polar surface area (TPSA) is 56.0 Å². The number of pyridine rings is 1. The highest BCUT2D eigenvalue weighted by atomic mass is 35.5. The van der Waals surface area contributed by atoms with Gasteiger partial charge in [0, 0.05) is 18.5 Å². The number of rotatable bonds is 4. The van der Waals surface area contributed by atoms with E-state index in [-0.39, 0.29) is 5.78 Å². The summed E-state index contributed by atoms with van der Waals surface area (Å²) in [5, 5.41) is 0. The van der Waals surface area contributed by atoms with E-state index in [1.54, 1.807) is 18.3 Å². The summed E-state index contributed by atoms with van der Waals surface area (Å²) in [5.74, 6) is 0.791. The number of anilines is 1. The summed E-state index contributed by atoms with van der Waals surface area (Å²) in [7, 11) is 0. The molecule has 1 aromatic heterocycles. The number of nitrogens with two attached hydrogens (primary N) is 1. The standard InChI is InChI=1S/C9H11ClN2O/c10-5-1-4-8(13)7-3-2-6-12-9(7)11/h2-3,6H,1,4-5H2,(H2,11,12). The van der Waals surface area contributed by atoms with Crippen LogP contribution in [0.15, 0.2) is 18.3 Å². The van der Waals surface area contributed by atoms with Crippen LogP contribution < -0.4 is 5.73 Å². The molecule has 3 nitrogen and oxygen atoms in total. The molecule has 1 aromatic rings. The van der Waals surface area contributed by atoms with Gasteiger partial charge in [0.2, 0.25) is 0 Å². The van der Waals surface area contributed by atoms with Crippen molar-refractivity contribution in [1.29, 1.82) is 0 Å². The molecular formula is C9H11ClN2O. The van der Waals surface area contributed by atoms with Gasteiger partial charge in [-0.25, -0.2) is 4.98 Å². The van der Waals surface area contributed by atoms with Crippen molar-refractivity contribution in [1.82, 2.24) is 4.98 Å². The lowest BCUT2D eigenvalue weighted by molar-refractivity contribution is 0.0982. The maximum atomic E-state index is 11.4. The molecule has 0 aliphatic heterocycles. The van der Waals surface area contributed by atoms with Crippen molar-refractivity contribution in [3.05, 3.63) is 23.9 Å². The normalized spacial score (nSPS) is 9.92. The smallest absolute Gasteiger partial charge is 0.166 e. The van der Waals surface area contributed by atoms with Gasteiger partial charge in [0.15, 0.2) is 5.78 Å². The van der Waals surface area contributed by atoms with Crippen molar-refractivity contribution in [2.24, 2.45) is 0 Å². The first-order valence-corrected chi connectivity index (χ1v) is 4.59. The highest BCUT2D eigenvalue weighted by molar-refractivity contribution is 6.18. The van der Waals surface area contributed by atoms with E-state index < -0.39 is 0 Å². The number of aromatic nitrogens is 1. The Morgan fingerprint density at radius 3 is 3.00 bits per heavy atom. The summed E-state index contributed by atoms with van der Waals surface area (Å²) in [6, 6.07) is 3.38. The second-order valence-electron chi connectivity index (χ2n) is 2.65. The molecule has 1 rings (SSSR count). The number of hydrogen-bond donors (Lipinski definition) is 1. The zero-order chi connectivity index (χ0) is 9.68. The van der Waals surface area contributed by atoms with E-state index >= 15 is 0 Å². The molecule has 0 saturated carbocycles. The summed E-state index contributed by atoms with van der Waals surface area (Å²) >= 11 is 5.47. The Hall–Kier alpha value is -1.09. The van der Waals surface area contributed by atoms with Crippen molar-refractivity contribution < 1.29 is 4.79 Å². The molecule has 0 radical (unpaired) electrons. The monoisotopic (exact) mass is 198 g/mol. The molecule has 0 atom stereocenters. The van der Waals surface area contributed by atoms with Crippen molar-refractivity contribution in [3.8, 4) is 0 Å². The predicted molar refractivity (Wildman–Crippen MR) is 52.9 cm³/mol. The van der Waals surface area contributed by atoms with Crippen molar-refractivity contribution >= 4 is 23.2 Å². The van der Waals surface area contributed by atoms with Crippen LogP contribution in [0.25, 0.3) is 0 Å². The van der Waals surface area contributed by atoms with Crippen LogP contribution in [0.4, 0.5) is 5.82 Å². The molecule has 0 amide bonds. The number of carbonyl (C=O) groups excluding carboxylic acids is 1. The molecule has 4 heteroatoms. The summed E-state index contributed by atoms with van der Waals surface area (Å²) < 4.78 is 0. The van der Waals surface area contributed by atoms with Gasteiger partial charge < -0.3 is 5.73 Å². The maximum Gasteiger partial charge on any atom is 0.166 e. The summed E-state index contributed by atoms with van der Waals surface area (Å²) in [6.45, 7) is 0. The lowest BCUT2D eigenvalue weighted by Crippen LogP contribution is -2.05. The predicted octanol–water partition coefficient (Wildman–Crippen LogP) is 1.87. The summed E-state index contributed by atoms with van der Waals surface area (Å²) in [4.78, 5) is 15.3. The van der Waals surface area contributed by atoms with E-state index in [2.05, 4.69) is 4.98 Å². The van der Waals surface area contributed by atoms with Gasteiger partial charge in [-0.2, -0.15) is 0 Å². The van der Waals surface area contributed by atoms with Crippen LogP contribution in [0.3, 0.4) is 0 Å². The van der Waals surface area contributed by atoms with Gasteiger partial charge in [0.1, 0.15) is 5.82 Å². The molecule has 0 aliphatic rings. The highest BCUT2D eigenvalue weighted by Crippen LogP contribution is 2.11. The lowest BCUT2D eigenvalue weighted by atomic mass is 10.1. The molecule has 2 N–H and O–H groups in total. The minimum Gasteiger partial charge on any atom is -0.383 e. The zero-order valence-corrected chi connectivity index (χ0v) is 7.92. The third-order valence-corrected chi connectivity index (χ3v) is 1.94. The number of halogens is 1. The van der Waals surface area contributed by atoms with Crippen molar-refractivity contribution in [3.63, 3.8) is 0 Å². The molecule has 70 valence electrons. The Morgan fingerprint density at radius 2 is 2.38 bits per heavy atom. The SMILES string of the molecule is Nc1ncccc1C(=O)CCCCl. The van der Waals surface area contributed by atoms with Crippen LogP contribution in [0, 0.1) is 0 Å². The van der Waals surface area contributed by atoms with Gasteiger partial charge in [-0.1, -0.05) is 0 Å². The highest BCUT2D eigenvalue weighted by Gasteiger charge is 2.08. The minimum absolute atomic E-state index is 0.00579. The Bertz CT molecular complexity index is 301. The number of carbonyl (C=O) groups is 1. The first-order valence-electron chi connectivity index (χ1n) is 4.05. The number of hydrogen-bond acceptors (Lipinski definition) is 3. The van der Waals surface area contributed by atoms with E-state index in [0.29, 0.717) is 30.1 Å². The number of alkyl halides is 1. The first-order chi connectivity index (χ1) is 6.25. The van der Waals surface area contributed by atoms with Gasteiger partial charge >= 0.3 is 0 Å². The van der Waals surface area contributed by atoms with Crippen LogP contribution in [0.2, 0.25) is 0 Å². The molecule has 0 aliphatic carbocycles. The minimum atomic E-state index is 0.00579. The van der Waals surface area contributed by atoms with E-state index in [4.69, 9.17) is 17.3 Å². The fourth-order valence-electron chi connectivity index (χ4n) is 1.02. The van der Waals surface area contributed by atoms with Gasteiger partial charge in [-0.15, -0.1) is 11.6 Å². The first kappa shape index (κ1) is 9.99. The van der Waals surface area contributed by atoms with E-state index in [1.165, 1.54) is 0 Å².